The molecule has 1 N–H and O–H groups in total. The van der Waals surface area contributed by atoms with E-state index in [0.29, 0.717) is 0 Å². The third-order valence-corrected chi connectivity index (χ3v) is 5.08. The Morgan fingerprint density at radius 1 is 1.40 bits per heavy atom. The lowest BCUT2D eigenvalue weighted by atomic mass is 10.1. The zero-order chi connectivity index (χ0) is 14.7. The molecule has 0 aliphatic heterocycles. The number of nitrogens with zero attached hydrogens (tertiary/aromatic N) is 1. The van der Waals surface area contributed by atoms with Crippen LogP contribution >= 0.6 is 38.9 Å². The van der Waals surface area contributed by atoms with Crippen molar-refractivity contribution in [3.05, 3.63) is 48.8 Å². The van der Waals surface area contributed by atoms with E-state index in [-0.39, 0.29) is 6.04 Å². The molecule has 0 saturated heterocycles. The Hall–Kier alpha value is -0.420. The summed E-state index contributed by atoms with van der Waals surface area (Å²) in [6, 6.07) is 6.00. The highest BCUT2D eigenvalue weighted by molar-refractivity contribution is 9.10. The number of rotatable bonds is 5. The normalized spacial score (nSPS) is 12.7. The number of hydrogen-bond donors (Lipinski definition) is 1. The standard InChI is InChI=1S/C15H18BrClN2S/c1-4-13-9(3)20-15(19-13)14(18-5-2)11-8-10(16)6-7-12(11)17/h6-8,14,18H,4-5H2,1-3H3. The molecular formula is C15H18BrClN2S. The third-order valence-electron chi connectivity index (χ3n) is 3.17. The van der Waals surface area contributed by atoms with E-state index in [1.165, 1.54) is 10.6 Å². The molecule has 20 heavy (non-hydrogen) atoms. The van der Waals surface area contributed by atoms with Crippen molar-refractivity contribution >= 4 is 38.9 Å². The highest BCUT2D eigenvalue weighted by Crippen LogP contribution is 2.33. The first kappa shape index (κ1) is 16.0. The van der Waals surface area contributed by atoms with E-state index in [4.69, 9.17) is 16.6 Å². The van der Waals surface area contributed by atoms with Crippen LogP contribution in [0.3, 0.4) is 0 Å². The van der Waals surface area contributed by atoms with Crippen LogP contribution in [0.1, 0.15) is 41.0 Å². The van der Waals surface area contributed by atoms with Crippen LogP contribution in [0.5, 0.6) is 0 Å². The maximum Gasteiger partial charge on any atom is 0.115 e. The van der Waals surface area contributed by atoms with Gasteiger partial charge in [0.15, 0.2) is 0 Å². The second-order valence-corrected chi connectivity index (χ2v) is 7.12. The molecule has 2 nitrogen and oxygen atoms in total. The SMILES string of the molecule is CCNC(c1nc(CC)c(C)s1)c1cc(Br)ccc1Cl. The van der Waals surface area contributed by atoms with Crippen LogP contribution in [0.4, 0.5) is 0 Å². The molecular weight excluding hydrogens is 356 g/mol. The van der Waals surface area contributed by atoms with Crippen LogP contribution < -0.4 is 5.32 Å². The average molecular weight is 374 g/mol. The molecule has 1 aromatic carbocycles. The minimum absolute atomic E-state index is 0.0500. The van der Waals surface area contributed by atoms with Crippen molar-refractivity contribution in [2.24, 2.45) is 0 Å². The second-order valence-electron chi connectivity index (χ2n) is 4.57. The first-order valence-electron chi connectivity index (χ1n) is 6.71. The second kappa shape index (κ2) is 7.03. The summed E-state index contributed by atoms with van der Waals surface area (Å²) in [4.78, 5) is 6.06. The molecule has 1 unspecified atom stereocenters. The predicted octanol–water partition coefficient (Wildman–Crippen LogP) is 5.13. The quantitative estimate of drug-likeness (QED) is 0.786. The van der Waals surface area contributed by atoms with Crippen LogP contribution in [-0.4, -0.2) is 11.5 Å². The van der Waals surface area contributed by atoms with Gasteiger partial charge < -0.3 is 5.32 Å². The Morgan fingerprint density at radius 3 is 2.75 bits per heavy atom. The van der Waals surface area contributed by atoms with Gasteiger partial charge in [-0.05, 0) is 43.7 Å². The first-order valence-corrected chi connectivity index (χ1v) is 8.70. The molecule has 0 fully saturated rings. The van der Waals surface area contributed by atoms with Gasteiger partial charge in [-0.25, -0.2) is 4.98 Å². The van der Waals surface area contributed by atoms with Crippen molar-refractivity contribution in [2.75, 3.05) is 6.54 Å². The molecule has 2 aromatic rings. The van der Waals surface area contributed by atoms with Gasteiger partial charge >= 0.3 is 0 Å². The molecule has 0 bridgehead atoms. The fourth-order valence-electron chi connectivity index (χ4n) is 2.17. The fraction of sp³-hybridized carbons (Fsp3) is 0.400. The van der Waals surface area contributed by atoms with Crippen molar-refractivity contribution < 1.29 is 0 Å². The zero-order valence-corrected chi connectivity index (χ0v) is 15.0. The van der Waals surface area contributed by atoms with Crippen molar-refractivity contribution in [3.8, 4) is 0 Å². The van der Waals surface area contributed by atoms with E-state index < -0.39 is 0 Å². The summed E-state index contributed by atoms with van der Waals surface area (Å²) in [6.45, 7) is 7.24. The number of thiazole rings is 1. The van der Waals surface area contributed by atoms with E-state index in [1.54, 1.807) is 11.3 Å². The van der Waals surface area contributed by atoms with Crippen LogP contribution in [-0.2, 0) is 6.42 Å². The maximum atomic E-state index is 6.37. The molecule has 5 heteroatoms. The van der Waals surface area contributed by atoms with E-state index >= 15 is 0 Å². The summed E-state index contributed by atoms with van der Waals surface area (Å²) < 4.78 is 1.03. The smallest absolute Gasteiger partial charge is 0.115 e. The van der Waals surface area contributed by atoms with Crippen molar-refractivity contribution in [3.63, 3.8) is 0 Å². The lowest BCUT2D eigenvalue weighted by molar-refractivity contribution is 0.625. The Kier molecular flexibility index (Phi) is 5.61. The van der Waals surface area contributed by atoms with Crippen molar-refractivity contribution in [2.45, 2.75) is 33.2 Å². The van der Waals surface area contributed by atoms with Gasteiger partial charge in [0, 0.05) is 14.4 Å². The van der Waals surface area contributed by atoms with E-state index in [1.807, 2.05) is 12.1 Å². The molecule has 0 spiro atoms. The molecule has 0 aliphatic rings. The van der Waals surface area contributed by atoms with Gasteiger partial charge in [0.05, 0.1) is 11.7 Å². The molecule has 0 amide bonds. The van der Waals surface area contributed by atoms with Gasteiger partial charge in [-0.3, -0.25) is 0 Å². The summed E-state index contributed by atoms with van der Waals surface area (Å²) in [6.07, 6.45) is 0.966. The summed E-state index contributed by atoms with van der Waals surface area (Å²) in [5, 5.41) is 5.34. The molecule has 1 heterocycles. The minimum atomic E-state index is 0.0500. The van der Waals surface area contributed by atoms with E-state index in [9.17, 15) is 0 Å². The van der Waals surface area contributed by atoms with Gasteiger partial charge in [-0.1, -0.05) is 41.4 Å². The molecule has 0 saturated carbocycles. The number of halogens is 2. The molecule has 1 atom stereocenters. The summed E-state index contributed by atoms with van der Waals surface area (Å²) in [5.41, 5.74) is 2.25. The molecule has 0 aliphatic carbocycles. The minimum Gasteiger partial charge on any atom is -0.304 e. The van der Waals surface area contributed by atoms with Crippen LogP contribution in [0.2, 0.25) is 5.02 Å². The lowest BCUT2D eigenvalue weighted by Gasteiger charge is -2.17. The first-order chi connectivity index (χ1) is 9.56. The van der Waals surface area contributed by atoms with Crippen molar-refractivity contribution in [1.82, 2.24) is 10.3 Å². The number of nitrogens with one attached hydrogen (secondary N) is 1. The summed E-state index contributed by atoms with van der Waals surface area (Å²) in [7, 11) is 0. The highest BCUT2D eigenvalue weighted by Gasteiger charge is 2.21. The molecule has 2 rings (SSSR count). The van der Waals surface area contributed by atoms with Gasteiger partial charge in [0.1, 0.15) is 5.01 Å². The lowest BCUT2D eigenvalue weighted by Crippen LogP contribution is -2.22. The monoisotopic (exact) mass is 372 g/mol. The third kappa shape index (κ3) is 3.42. The molecule has 1 aromatic heterocycles. The Labute approximate surface area is 137 Å². The molecule has 0 radical (unpaired) electrons. The largest absolute Gasteiger partial charge is 0.304 e. The van der Waals surface area contributed by atoms with Gasteiger partial charge in [0.25, 0.3) is 0 Å². The topological polar surface area (TPSA) is 24.9 Å². The van der Waals surface area contributed by atoms with Crippen LogP contribution in [0.15, 0.2) is 22.7 Å². The fourth-order valence-corrected chi connectivity index (χ4v) is 3.88. The predicted molar refractivity (Wildman–Crippen MR) is 90.9 cm³/mol. The number of aryl methyl sites for hydroxylation is 2. The number of aromatic nitrogens is 1. The Balaban J connectivity index is 2.46. The van der Waals surface area contributed by atoms with Crippen molar-refractivity contribution in [1.29, 1.82) is 0 Å². The summed E-state index contributed by atoms with van der Waals surface area (Å²) in [5.74, 6) is 0. The highest BCUT2D eigenvalue weighted by atomic mass is 79.9. The van der Waals surface area contributed by atoms with Gasteiger partial charge in [-0.2, -0.15) is 0 Å². The Morgan fingerprint density at radius 2 is 2.15 bits per heavy atom. The number of benzene rings is 1. The van der Waals surface area contributed by atoms with Crippen LogP contribution in [0.25, 0.3) is 0 Å². The average Bonchev–Trinajstić information content (AvgIpc) is 2.80. The van der Waals surface area contributed by atoms with E-state index in [0.717, 1.165) is 33.0 Å². The molecule has 108 valence electrons. The number of hydrogen-bond acceptors (Lipinski definition) is 3. The zero-order valence-electron chi connectivity index (χ0n) is 11.8. The van der Waals surface area contributed by atoms with Gasteiger partial charge in [-0.15, -0.1) is 11.3 Å². The summed E-state index contributed by atoms with van der Waals surface area (Å²) >= 11 is 11.6. The van der Waals surface area contributed by atoms with Crippen LogP contribution in [0, 0.1) is 6.92 Å². The van der Waals surface area contributed by atoms with E-state index in [2.05, 4.69) is 48.1 Å². The maximum absolute atomic E-state index is 6.37. The van der Waals surface area contributed by atoms with Gasteiger partial charge in [0.2, 0.25) is 0 Å². The Bertz CT molecular complexity index is 598.